The van der Waals surface area contributed by atoms with Crippen molar-refractivity contribution in [2.75, 3.05) is 0 Å². The Kier molecular flexibility index (Phi) is 3.01. The molecule has 0 aliphatic heterocycles. The van der Waals surface area contributed by atoms with Crippen molar-refractivity contribution in [1.29, 1.82) is 0 Å². The van der Waals surface area contributed by atoms with Crippen LogP contribution in [0.3, 0.4) is 0 Å². The highest BCUT2D eigenvalue weighted by atomic mass is 31.2. The molecule has 0 saturated heterocycles. The number of aromatic nitrogens is 4. The normalized spacial score (nSPS) is 22.7. The number of hydrogen-bond acceptors (Lipinski definition) is 4. The fraction of sp³-hybridized carbons (Fsp3) is 0.500. The molecule has 2 heterocycles. The summed E-state index contributed by atoms with van der Waals surface area (Å²) in [6.45, 7) is 0.0766. The van der Waals surface area contributed by atoms with Gasteiger partial charge in [0.25, 0.3) is 5.56 Å². The molecule has 1 fully saturated rings. The highest BCUT2D eigenvalue weighted by Gasteiger charge is 2.64. The van der Waals surface area contributed by atoms with Crippen LogP contribution in [-0.4, -0.2) is 35.0 Å². The van der Waals surface area contributed by atoms with Crippen LogP contribution < -0.4 is 5.56 Å². The van der Waals surface area contributed by atoms with Gasteiger partial charge in [0.15, 0.2) is 11.2 Å². The number of hydrogen-bond donors (Lipinski definition) is 3. The molecule has 2 aromatic rings. The molecule has 8 nitrogen and oxygen atoms in total. The molecule has 1 aliphatic carbocycles. The minimum absolute atomic E-state index is 0.000966. The third-order valence-corrected chi connectivity index (χ3v) is 4.70. The van der Waals surface area contributed by atoms with Gasteiger partial charge in [-0.2, -0.15) is 8.78 Å². The number of rotatable bonds is 4. The van der Waals surface area contributed by atoms with E-state index in [1.165, 1.54) is 17.2 Å². The number of aromatic amines is 1. The van der Waals surface area contributed by atoms with Crippen molar-refractivity contribution in [3.8, 4) is 0 Å². The van der Waals surface area contributed by atoms with Crippen molar-refractivity contribution < 1.29 is 23.1 Å². The summed E-state index contributed by atoms with van der Waals surface area (Å²) in [4.78, 5) is 39.0. The van der Waals surface area contributed by atoms with Crippen LogP contribution >= 0.6 is 7.60 Å². The Morgan fingerprint density at radius 2 is 2.19 bits per heavy atom. The molecular formula is C10H11F2N4O4P. The van der Waals surface area contributed by atoms with Crippen LogP contribution in [0.2, 0.25) is 0 Å². The third-order valence-electron chi connectivity index (χ3n) is 3.60. The lowest BCUT2D eigenvalue weighted by Crippen LogP contribution is -2.21. The summed E-state index contributed by atoms with van der Waals surface area (Å²) in [7, 11) is -5.47. The summed E-state index contributed by atoms with van der Waals surface area (Å²) in [5.74, 6) is -1.97. The van der Waals surface area contributed by atoms with Crippen molar-refractivity contribution in [3.63, 3.8) is 0 Å². The fourth-order valence-corrected chi connectivity index (χ4v) is 3.12. The van der Waals surface area contributed by atoms with Gasteiger partial charge in [0.05, 0.1) is 12.7 Å². The van der Waals surface area contributed by atoms with E-state index in [1.807, 2.05) is 0 Å². The number of halogens is 2. The summed E-state index contributed by atoms with van der Waals surface area (Å²) in [5.41, 5.74) is -4.12. The topological polar surface area (TPSA) is 121 Å². The Morgan fingerprint density at radius 1 is 1.48 bits per heavy atom. The Balaban J connectivity index is 1.82. The molecule has 3 rings (SSSR count). The maximum Gasteiger partial charge on any atom is 0.394 e. The maximum absolute atomic E-state index is 13.5. The minimum atomic E-state index is -5.47. The molecule has 0 unspecified atom stereocenters. The molecule has 0 spiro atoms. The second-order valence-corrected chi connectivity index (χ2v) is 6.72. The maximum atomic E-state index is 13.5. The molecule has 0 aromatic carbocycles. The standard InChI is InChI=1S/C10H11F2N4O4P/c11-10(12,21(18,19)20)6-1-5(6)2-16-4-15-7-8(16)13-3-14-9(7)17/h3-6H,1-2H2,(H,13,14,17)(H2,18,19,20)/t5-,6+/m0/s1. The third kappa shape index (κ3) is 2.29. The molecule has 2 atom stereocenters. The average molecular weight is 320 g/mol. The number of H-pyrrole nitrogens is 1. The number of fused-ring (bicyclic) bond motifs is 1. The van der Waals surface area contributed by atoms with Gasteiger partial charge in [0.1, 0.15) is 0 Å². The molecule has 11 heteroatoms. The quantitative estimate of drug-likeness (QED) is 0.706. The van der Waals surface area contributed by atoms with Crippen molar-refractivity contribution >= 4 is 18.8 Å². The van der Waals surface area contributed by atoms with Gasteiger partial charge in [0.2, 0.25) is 0 Å². The van der Waals surface area contributed by atoms with Crippen LogP contribution in [0.1, 0.15) is 6.42 Å². The Morgan fingerprint density at radius 3 is 2.86 bits per heavy atom. The summed E-state index contributed by atoms with van der Waals surface area (Å²) in [6.07, 6.45) is 2.48. The number of imidazole rings is 1. The lowest BCUT2D eigenvalue weighted by Gasteiger charge is -2.17. The van der Waals surface area contributed by atoms with Crippen LogP contribution in [0.15, 0.2) is 17.4 Å². The smallest absolute Gasteiger partial charge is 0.320 e. The monoisotopic (exact) mass is 320 g/mol. The first-order valence-electron chi connectivity index (χ1n) is 6.04. The molecule has 0 bridgehead atoms. The molecule has 0 amide bonds. The first-order valence-corrected chi connectivity index (χ1v) is 7.65. The van der Waals surface area contributed by atoms with E-state index < -0.39 is 30.7 Å². The molecule has 1 saturated carbocycles. The van der Waals surface area contributed by atoms with Crippen LogP contribution in [0, 0.1) is 11.8 Å². The summed E-state index contributed by atoms with van der Waals surface area (Å²) >= 11 is 0. The first kappa shape index (κ1) is 14.3. The highest BCUT2D eigenvalue weighted by Crippen LogP contribution is 2.65. The second kappa shape index (κ2) is 4.43. The Bertz CT molecular complexity index is 798. The van der Waals surface area contributed by atoms with E-state index in [9.17, 15) is 18.1 Å². The molecule has 0 radical (unpaired) electrons. The highest BCUT2D eigenvalue weighted by molar-refractivity contribution is 7.53. The molecule has 3 N–H and O–H groups in total. The molecule has 2 aromatic heterocycles. The lowest BCUT2D eigenvalue weighted by molar-refractivity contribution is 0.0307. The number of alkyl halides is 2. The summed E-state index contributed by atoms with van der Waals surface area (Å²) in [6, 6.07) is 0. The van der Waals surface area contributed by atoms with E-state index in [4.69, 9.17) is 9.79 Å². The van der Waals surface area contributed by atoms with E-state index in [2.05, 4.69) is 15.0 Å². The van der Waals surface area contributed by atoms with Crippen LogP contribution in [0.5, 0.6) is 0 Å². The van der Waals surface area contributed by atoms with E-state index in [0.29, 0.717) is 0 Å². The van der Waals surface area contributed by atoms with Gasteiger partial charge in [-0.15, -0.1) is 0 Å². The van der Waals surface area contributed by atoms with Gasteiger partial charge >= 0.3 is 13.3 Å². The van der Waals surface area contributed by atoms with Gasteiger partial charge in [-0.3, -0.25) is 9.36 Å². The van der Waals surface area contributed by atoms with Crippen LogP contribution in [0.25, 0.3) is 11.2 Å². The van der Waals surface area contributed by atoms with E-state index in [-0.39, 0.29) is 24.1 Å². The zero-order valence-electron chi connectivity index (χ0n) is 10.5. The van der Waals surface area contributed by atoms with Crippen LogP contribution in [0.4, 0.5) is 8.78 Å². The zero-order chi connectivity index (χ0) is 15.4. The van der Waals surface area contributed by atoms with E-state index in [1.54, 1.807) is 0 Å². The predicted molar refractivity (Wildman–Crippen MR) is 66.7 cm³/mol. The predicted octanol–water partition coefficient (Wildman–Crippen LogP) is 0.526. The van der Waals surface area contributed by atoms with Gasteiger partial charge in [-0.25, -0.2) is 9.97 Å². The van der Waals surface area contributed by atoms with Crippen molar-refractivity contribution in [2.24, 2.45) is 11.8 Å². The van der Waals surface area contributed by atoms with Crippen molar-refractivity contribution in [2.45, 2.75) is 18.6 Å². The Hall–Kier alpha value is -1.64. The zero-order valence-corrected chi connectivity index (χ0v) is 11.4. The fourth-order valence-electron chi connectivity index (χ4n) is 2.37. The van der Waals surface area contributed by atoms with Crippen LogP contribution in [-0.2, 0) is 11.1 Å². The van der Waals surface area contributed by atoms with Crippen molar-refractivity contribution in [1.82, 2.24) is 19.5 Å². The average Bonchev–Trinajstić information content (AvgIpc) is 3.03. The SMILES string of the molecule is O=c1[nH]cnc2c1ncn2C[C@@H]1C[C@H]1C(F)(F)P(=O)(O)O. The molecule has 114 valence electrons. The molecule has 1 aliphatic rings. The van der Waals surface area contributed by atoms with E-state index in [0.717, 1.165) is 0 Å². The number of nitrogens with one attached hydrogen (secondary N) is 1. The second-order valence-electron chi connectivity index (χ2n) is 5.03. The number of nitrogens with zero attached hydrogens (tertiary/aromatic N) is 3. The summed E-state index contributed by atoms with van der Waals surface area (Å²) < 4.78 is 39.3. The molecule has 21 heavy (non-hydrogen) atoms. The minimum Gasteiger partial charge on any atom is -0.320 e. The van der Waals surface area contributed by atoms with Gasteiger partial charge in [-0.1, -0.05) is 0 Å². The largest absolute Gasteiger partial charge is 0.394 e. The lowest BCUT2D eigenvalue weighted by atomic mass is 10.3. The van der Waals surface area contributed by atoms with Gasteiger partial charge < -0.3 is 19.3 Å². The Labute approximate surface area is 116 Å². The molecular weight excluding hydrogens is 309 g/mol. The van der Waals surface area contributed by atoms with Crippen molar-refractivity contribution in [3.05, 3.63) is 23.0 Å². The van der Waals surface area contributed by atoms with Gasteiger partial charge in [-0.05, 0) is 12.3 Å². The van der Waals surface area contributed by atoms with E-state index >= 15 is 0 Å². The first-order chi connectivity index (χ1) is 9.72. The summed E-state index contributed by atoms with van der Waals surface area (Å²) in [5, 5.41) is 0. The van der Waals surface area contributed by atoms with Gasteiger partial charge in [0, 0.05) is 12.5 Å².